The smallest absolute Gasteiger partial charge is 0.290 e. The molecule has 2 saturated heterocycles. The van der Waals surface area contributed by atoms with Gasteiger partial charge in [-0.25, -0.2) is 0 Å². The van der Waals surface area contributed by atoms with E-state index in [-0.39, 0.29) is 17.8 Å². The summed E-state index contributed by atoms with van der Waals surface area (Å²) < 4.78 is 0. The molecule has 0 spiro atoms. The fourth-order valence-electron chi connectivity index (χ4n) is 3.28. The van der Waals surface area contributed by atoms with Crippen LogP contribution in [0.1, 0.15) is 24.8 Å². The summed E-state index contributed by atoms with van der Waals surface area (Å²) in [5.74, 6) is -0.367. The van der Waals surface area contributed by atoms with E-state index < -0.39 is 0 Å². The standard InChI is InChI=1S/C18H22ClN3O3S/c19-14-6-1-4-12(10-15-17(24)21-18(25)26-15)16(14)22-8-2-5-13(11-22)20-7-3-9-23/h1,4,6,10,13,20,23H,2-3,5,7-9,11H2,(H,21,24,25). The fraction of sp³-hybridized carbons (Fsp3) is 0.444. The maximum Gasteiger partial charge on any atom is 0.290 e. The molecule has 0 saturated carbocycles. The first-order chi connectivity index (χ1) is 12.6. The molecule has 0 aliphatic carbocycles. The Labute approximate surface area is 162 Å². The molecule has 2 heterocycles. The van der Waals surface area contributed by atoms with Crippen molar-refractivity contribution < 1.29 is 14.7 Å². The normalized spacial score (nSPS) is 22.2. The van der Waals surface area contributed by atoms with Gasteiger partial charge in [0.05, 0.1) is 15.6 Å². The number of para-hydroxylation sites is 1. The maximum atomic E-state index is 11.9. The number of amides is 2. The molecule has 0 bridgehead atoms. The summed E-state index contributed by atoms with van der Waals surface area (Å²) >= 11 is 7.40. The second-order valence-electron chi connectivity index (χ2n) is 6.35. The van der Waals surface area contributed by atoms with Gasteiger partial charge in [-0.2, -0.15) is 0 Å². The van der Waals surface area contributed by atoms with Crippen LogP contribution in [0.3, 0.4) is 0 Å². The average molecular weight is 396 g/mol. The highest BCUT2D eigenvalue weighted by molar-refractivity contribution is 8.18. The van der Waals surface area contributed by atoms with Gasteiger partial charge in [-0.05, 0) is 49.7 Å². The number of benzene rings is 1. The molecule has 1 atom stereocenters. The summed E-state index contributed by atoms with van der Waals surface area (Å²) in [4.78, 5) is 25.9. The molecule has 8 heteroatoms. The minimum Gasteiger partial charge on any atom is -0.396 e. The van der Waals surface area contributed by atoms with E-state index in [1.54, 1.807) is 6.08 Å². The lowest BCUT2D eigenvalue weighted by molar-refractivity contribution is -0.115. The molecular weight excluding hydrogens is 374 g/mol. The largest absolute Gasteiger partial charge is 0.396 e. The first kappa shape index (κ1) is 19.2. The summed E-state index contributed by atoms with van der Waals surface area (Å²) in [7, 11) is 0. The number of thioether (sulfide) groups is 1. The van der Waals surface area contributed by atoms with E-state index in [9.17, 15) is 9.59 Å². The molecule has 3 rings (SSSR count). The number of imide groups is 1. The van der Waals surface area contributed by atoms with E-state index in [0.29, 0.717) is 16.0 Å². The van der Waals surface area contributed by atoms with Crippen molar-refractivity contribution in [3.63, 3.8) is 0 Å². The van der Waals surface area contributed by atoms with Crippen molar-refractivity contribution in [1.29, 1.82) is 0 Å². The number of hydrogen-bond acceptors (Lipinski definition) is 6. The number of piperidine rings is 1. The number of aliphatic hydroxyl groups is 1. The third kappa shape index (κ3) is 4.59. The molecule has 6 nitrogen and oxygen atoms in total. The van der Waals surface area contributed by atoms with Gasteiger partial charge in [0.25, 0.3) is 11.1 Å². The highest BCUT2D eigenvalue weighted by atomic mass is 35.5. The van der Waals surface area contributed by atoms with Crippen molar-refractivity contribution in [2.75, 3.05) is 31.1 Å². The van der Waals surface area contributed by atoms with Crippen LogP contribution in [0.15, 0.2) is 23.1 Å². The molecule has 1 unspecified atom stereocenters. The Bertz CT molecular complexity index is 726. The van der Waals surface area contributed by atoms with E-state index >= 15 is 0 Å². The van der Waals surface area contributed by atoms with Crippen LogP contribution in [0.25, 0.3) is 6.08 Å². The predicted octanol–water partition coefficient (Wildman–Crippen LogP) is 2.60. The first-order valence-electron chi connectivity index (χ1n) is 8.71. The topological polar surface area (TPSA) is 81.7 Å². The third-order valence-electron chi connectivity index (χ3n) is 4.45. The maximum absolute atomic E-state index is 11.9. The van der Waals surface area contributed by atoms with E-state index in [1.807, 2.05) is 18.2 Å². The van der Waals surface area contributed by atoms with Crippen LogP contribution in [0.4, 0.5) is 10.5 Å². The van der Waals surface area contributed by atoms with E-state index in [4.69, 9.17) is 16.7 Å². The highest BCUT2D eigenvalue weighted by Gasteiger charge is 2.27. The van der Waals surface area contributed by atoms with Crippen LogP contribution in [0.5, 0.6) is 0 Å². The van der Waals surface area contributed by atoms with Crippen LogP contribution in [-0.4, -0.2) is 48.5 Å². The minimum absolute atomic E-state index is 0.185. The van der Waals surface area contributed by atoms with Gasteiger partial charge in [0.15, 0.2) is 0 Å². The Morgan fingerprint density at radius 1 is 1.42 bits per heavy atom. The van der Waals surface area contributed by atoms with E-state index in [2.05, 4.69) is 15.5 Å². The molecule has 1 aromatic carbocycles. The van der Waals surface area contributed by atoms with Gasteiger partial charge < -0.3 is 15.3 Å². The molecule has 2 amide bonds. The van der Waals surface area contributed by atoms with Crippen molar-refractivity contribution >= 4 is 46.3 Å². The van der Waals surface area contributed by atoms with Crippen LogP contribution in [0, 0.1) is 0 Å². The molecule has 2 aliphatic heterocycles. The zero-order valence-corrected chi connectivity index (χ0v) is 15.9. The van der Waals surface area contributed by atoms with Crippen molar-refractivity contribution in [1.82, 2.24) is 10.6 Å². The van der Waals surface area contributed by atoms with Crippen LogP contribution >= 0.6 is 23.4 Å². The number of halogens is 1. The minimum atomic E-state index is -0.367. The number of anilines is 1. The Balaban J connectivity index is 1.82. The average Bonchev–Trinajstić information content (AvgIpc) is 2.93. The Morgan fingerprint density at radius 3 is 3.00 bits per heavy atom. The van der Waals surface area contributed by atoms with Gasteiger partial charge in [0, 0.05) is 31.3 Å². The number of aliphatic hydroxyl groups excluding tert-OH is 1. The van der Waals surface area contributed by atoms with Gasteiger partial charge in [0.1, 0.15) is 0 Å². The third-order valence-corrected chi connectivity index (χ3v) is 5.57. The summed E-state index contributed by atoms with van der Waals surface area (Å²) in [6.45, 7) is 2.66. The quantitative estimate of drug-likeness (QED) is 0.507. The number of nitrogens with zero attached hydrogens (tertiary/aromatic N) is 1. The SMILES string of the molecule is O=C1NC(=O)C(=Cc2cccc(Cl)c2N2CCCC(NCCCO)C2)S1. The lowest BCUT2D eigenvalue weighted by Crippen LogP contribution is -2.46. The number of carbonyl (C=O) groups excluding carboxylic acids is 2. The van der Waals surface area contributed by atoms with Crippen LogP contribution in [-0.2, 0) is 4.79 Å². The number of hydrogen-bond donors (Lipinski definition) is 3. The number of nitrogens with one attached hydrogen (secondary N) is 2. The van der Waals surface area contributed by atoms with Gasteiger partial charge in [-0.3, -0.25) is 14.9 Å². The predicted molar refractivity (Wildman–Crippen MR) is 105 cm³/mol. The molecule has 2 fully saturated rings. The molecule has 26 heavy (non-hydrogen) atoms. The van der Waals surface area contributed by atoms with Crippen LogP contribution in [0.2, 0.25) is 5.02 Å². The van der Waals surface area contributed by atoms with Crippen molar-refractivity contribution in [3.05, 3.63) is 33.7 Å². The fourth-order valence-corrected chi connectivity index (χ4v) is 4.25. The highest BCUT2D eigenvalue weighted by Crippen LogP contribution is 2.35. The van der Waals surface area contributed by atoms with E-state index in [1.165, 1.54) is 0 Å². The summed E-state index contributed by atoms with van der Waals surface area (Å²) in [6.07, 6.45) is 4.58. The number of rotatable bonds is 6. The summed E-state index contributed by atoms with van der Waals surface area (Å²) in [6, 6.07) is 5.93. The molecule has 2 aliphatic rings. The second-order valence-corrected chi connectivity index (χ2v) is 7.77. The van der Waals surface area contributed by atoms with Gasteiger partial charge in [0.2, 0.25) is 0 Å². The van der Waals surface area contributed by atoms with E-state index in [0.717, 1.165) is 61.9 Å². The van der Waals surface area contributed by atoms with Gasteiger partial charge in [-0.1, -0.05) is 23.7 Å². The Hall–Kier alpha value is -1.54. The molecule has 0 radical (unpaired) electrons. The molecule has 1 aromatic rings. The lowest BCUT2D eigenvalue weighted by Gasteiger charge is -2.36. The molecular formula is C18H22ClN3O3S. The van der Waals surface area contributed by atoms with Crippen molar-refractivity contribution in [2.24, 2.45) is 0 Å². The zero-order valence-electron chi connectivity index (χ0n) is 14.3. The second kappa shape index (κ2) is 8.90. The molecule has 0 aromatic heterocycles. The van der Waals surface area contributed by atoms with Crippen molar-refractivity contribution in [2.45, 2.75) is 25.3 Å². The molecule has 140 valence electrons. The van der Waals surface area contributed by atoms with Gasteiger partial charge in [-0.15, -0.1) is 0 Å². The molecule has 3 N–H and O–H groups in total. The monoisotopic (exact) mass is 395 g/mol. The number of carbonyl (C=O) groups is 2. The van der Waals surface area contributed by atoms with Crippen molar-refractivity contribution in [3.8, 4) is 0 Å². The summed E-state index contributed by atoms with van der Waals surface area (Å²) in [5, 5.41) is 15.0. The zero-order chi connectivity index (χ0) is 18.5. The Kier molecular flexibility index (Phi) is 6.58. The lowest BCUT2D eigenvalue weighted by atomic mass is 10.0. The summed E-state index contributed by atoms with van der Waals surface area (Å²) in [5.41, 5.74) is 1.73. The Morgan fingerprint density at radius 2 is 2.27 bits per heavy atom. The first-order valence-corrected chi connectivity index (χ1v) is 9.90. The van der Waals surface area contributed by atoms with Gasteiger partial charge >= 0.3 is 0 Å². The van der Waals surface area contributed by atoms with Crippen LogP contribution < -0.4 is 15.5 Å².